The second-order valence-corrected chi connectivity index (χ2v) is 12.2. The molecule has 0 aliphatic carbocycles. The Morgan fingerprint density at radius 1 is 0.649 bits per heavy atom. The molecule has 0 atom stereocenters. The van der Waals surface area contributed by atoms with Gasteiger partial charge in [0.15, 0.2) is 0 Å². The van der Waals surface area contributed by atoms with Crippen molar-refractivity contribution in [2.24, 2.45) is 0 Å². The molecule has 0 saturated carbocycles. The second kappa shape index (κ2) is 17.6. The number of rotatable bonds is 20. The van der Waals surface area contributed by atoms with Crippen molar-refractivity contribution < 1.29 is 14.3 Å². The lowest BCUT2D eigenvalue weighted by Crippen LogP contribution is -2.04. The fourth-order valence-corrected chi connectivity index (χ4v) is 6.81. The number of hydrogen-bond acceptors (Lipinski definition) is 5. The van der Waals surface area contributed by atoms with Crippen molar-refractivity contribution >= 4 is 38.0 Å². The molecule has 0 radical (unpaired) electrons. The van der Waals surface area contributed by atoms with Crippen LogP contribution in [0.3, 0.4) is 0 Å². The van der Waals surface area contributed by atoms with Gasteiger partial charge in [-0.1, -0.05) is 97.3 Å². The number of esters is 1. The minimum Gasteiger partial charge on any atom is -0.494 e. The third-order valence-electron chi connectivity index (χ3n) is 6.79. The Labute approximate surface area is 232 Å². The van der Waals surface area contributed by atoms with E-state index in [2.05, 4.69) is 44.2 Å². The summed E-state index contributed by atoms with van der Waals surface area (Å²) in [6.45, 7) is 5.82. The summed E-state index contributed by atoms with van der Waals surface area (Å²) in [6, 6.07) is 12.6. The van der Waals surface area contributed by atoms with Crippen LogP contribution in [0.15, 0.2) is 36.4 Å². The molecule has 5 heteroatoms. The van der Waals surface area contributed by atoms with Crippen molar-refractivity contribution in [2.45, 2.75) is 110 Å². The van der Waals surface area contributed by atoms with Gasteiger partial charge in [-0.2, -0.15) is 0 Å². The van der Waals surface area contributed by atoms with E-state index in [9.17, 15) is 4.79 Å². The monoisotopic (exact) mass is 542 g/mol. The van der Waals surface area contributed by atoms with E-state index in [4.69, 9.17) is 9.47 Å². The quantitative estimate of drug-likeness (QED) is 0.105. The Kier molecular flexibility index (Phi) is 14.1. The first-order valence-corrected chi connectivity index (χ1v) is 16.3. The van der Waals surface area contributed by atoms with Crippen molar-refractivity contribution in [1.29, 1.82) is 0 Å². The fraction of sp³-hybridized carbons (Fsp3) is 0.594. The lowest BCUT2D eigenvalue weighted by Gasteiger charge is -2.07. The van der Waals surface area contributed by atoms with Gasteiger partial charge in [0, 0.05) is 14.3 Å². The largest absolute Gasteiger partial charge is 0.494 e. The predicted octanol–water partition coefficient (Wildman–Crippen LogP) is 11.1. The van der Waals surface area contributed by atoms with Gasteiger partial charge >= 0.3 is 5.97 Å². The number of carbonyl (C=O) groups excluding carboxylic acids is 1. The number of fused-ring (bicyclic) bond motifs is 1. The molecular weight excluding hydrogens is 496 g/mol. The summed E-state index contributed by atoms with van der Waals surface area (Å²) < 4.78 is 13.8. The predicted molar refractivity (Wildman–Crippen MR) is 162 cm³/mol. The van der Waals surface area contributed by atoms with Gasteiger partial charge in [0.25, 0.3) is 0 Å². The summed E-state index contributed by atoms with van der Waals surface area (Å²) >= 11 is 3.27. The van der Waals surface area contributed by atoms with Gasteiger partial charge in [0.2, 0.25) is 0 Å². The summed E-state index contributed by atoms with van der Waals surface area (Å²) in [5, 5.41) is 0. The Bertz CT molecular complexity index is 987. The van der Waals surface area contributed by atoms with Gasteiger partial charge in [-0.05, 0) is 54.8 Å². The molecule has 0 aliphatic rings. The molecule has 204 valence electrons. The van der Waals surface area contributed by atoms with Crippen molar-refractivity contribution in [1.82, 2.24) is 0 Å². The molecule has 0 saturated heterocycles. The minimum absolute atomic E-state index is 0.182. The molecule has 0 bridgehead atoms. The zero-order valence-corrected chi connectivity index (χ0v) is 24.7. The molecule has 2 aromatic heterocycles. The van der Waals surface area contributed by atoms with Crippen molar-refractivity contribution in [3.8, 4) is 16.2 Å². The molecule has 0 fully saturated rings. The average Bonchev–Trinajstić information content (AvgIpc) is 3.49. The van der Waals surface area contributed by atoms with Gasteiger partial charge in [-0.15, -0.1) is 22.7 Å². The summed E-state index contributed by atoms with van der Waals surface area (Å²) in [5.41, 5.74) is 1.19. The molecule has 0 N–H and O–H groups in total. The maximum atomic E-state index is 12.5. The molecule has 0 amide bonds. The summed E-state index contributed by atoms with van der Waals surface area (Å²) in [6.07, 6.45) is 19.1. The zero-order chi connectivity index (χ0) is 26.1. The highest BCUT2D eigenvalue weighted by Gasteiger charge is 2.14. The van der Waals surface area contributed by atoms with E-state index in [0.717, 1.165) is 41.0 Å². The van der Waals surface area contributed by atoms with Crippen molar-refractivity contribution in [2.75, 3.05) is 13.2 Å². The number of hydrogen-bond donors (Lipinski definition) is 0. The van der Waals surface area contributed by atoms with Crippen LogP contribution in [0.4, 0.5) is 0 Å². The summed E-state index contributed by atoms with van der Waals surface area (Å²) in [4.78, 5) is 14.4. The van der Waals surface area contributed by atoms with Crippen molar-refractivity contribution in [3.63, 3.8) is 0 Å². The standard InChI is InChI=1S/C32H46O3S2/c1-3-5-7-9-11-13-14-16-22-34-27-20-18-26(19-21-27)28-24-29-30(36-28)25-31(37-29)32(33)35-23-17-15-12-10-8-6-4-2/h18-21,24-25H,3-17,22-23H2,1-2H3. The topological polar surface area (TPSA) is 35.5 Å². The molecular formula is C32H46O3S2. The number of thiophene rings is 2. The van der Waals surface area contributed by atoms with Crippen LogP contribution in [0.1, 0.15) is 120 Å². The van der Waals surface area contributed by atoms with E-state index in [1.165, 1.54) is 98.8 Å². The molecule has 3 rings (SSSR count). The minimum atomic E-state index is -0.182. The van der Waals surface area contributed by atoms with Gasteiger partial charge in [-0.3, -0.25) is 0 Å². The fourth-order valence-electron chi connectivity index (χ4n) is 4.52. The van der Waals surface area contributed by atoms with E-state index in [1.807, 2.05) is 6.07 Å². The maximum Gasteiger partial charge on any atom is 0.348 e. The van der Waals surface area contributed by atoms with Gasteiger partial charge in [-0.25, -0.2) is 4.79 Å². The lowest BCUT2D eigenvalue weighted by molar-refractivity contribution is 0.0503. The van der Waals surface area contributed by atoms with E-state index in [1.54, 1.807) is 11.3 Å². The van der Waals surface area contributed by atoms with Crippen LogP contribution in [-0.2, 0) is 4.74 Å². The normalized spacial score (nSPS) is 11.3. The number of benzene rings is 1. The van der Waals surface area contributed by atoms with Crippen LogP contribution >= 0.6 is 22.7 Å². The van der Waals surface area contributed by atoms with Crippen LogP contribution in [0, 0.1) is 0 Å². The number of carbonyl (C=O) groups is 1. The molecule has 37 heavy (non-hydrogen) atoms. The van der Waals surface area contributed by atoms with E-state index >= 15 is 0 Å². The van der Waals surface area contributed by atoms with Gasteiger partial charge in [0.05, 0.1) is 13.2 Å². The van der Waals surface area contributed by atoms with Crippen LogP contribution in [0.5, 0.6) is 5.75 Å². The summed E-state index contributed by atoms with van der Waals surface area (Å²) in [7, 11) is 0. The maximum absolute atomic E-state index is 12.5. The average molecular weight is 543 g/mol. The van der Waals surface area contributed by atoms with Crippen LogP contribution in [0.25, 0.3) is 19.8 Å². The molecule has 0 spiro atoms. The lowest BCUT2D eigenvalue weighted by atomic mass is 10.1. The summed E-state index contributed by atoms with van der Waals surface area (Å²) in [5.74, 6) is 0.759. The Morgan fingerprint density at radius 2 is 1.19 bits per heavy atom. The molecule has 0 unspecified atom stereocenters. The van der Waals surface area contributed by atoms with E-state index in [-0.39, 0.29) is 5.97 Å². The molecule has 3 aromatic rings. The third kappa shape index (κ3) is 10.8. The Hall–Kier alpha value is -1.85. The first-order chi connectivity index (χ1) is 18.2. The van der Waals surface area contributed by atoms with E-state index in [0.29, 0.717) is 11.5 Å². The van der Waals surface area contributed by atoms with Gasteiger partial charge < -0.3 is 9.47 Å². The SMILES string of the molecule is CCCCCCCCCCOc1ccc(-c2cc3sc(C(=O)OCCCCCCCCC)cc3s2)cc1. The van der Waals surface area contributed by atoms with Gasteiger partial charge in [0.1, 0.15) is 10.6 Å². The molecule has 1 aromatic carbocycles. The highest BCUT2D eigenvalue weighted by atomic mass is 32.1. The van der Waals surface area contributed by atoms with Crippen molar-refractivity contribution in [3.05, 3.63) is 41.3 Å². The first kappa shape index (κ1) is 29.7. The Balaban J connectivity index is 1.36. The smallest absolute Gasteiger partial charge is 0.348 e. The zero-order valence-electron chi connectivity index (χ0n) is 23.0. The number of unbranched alkanes of at least 4 members (excludes halogenated alkanes) is 13. The highest BCUT2D eigenvalue weighted by molar-refractivity contribution is 7.30. The highest BCUT2D eigenvalue weighted by Crippen LogP contribution is 2.39. The third-order valence-corrected chi connectivity index (χ3v) is 9.12. The molecule has 0 aliphatic heterocycles. The Morgan fingerprint density at radius 3 is 1.78 bits per heavy atom. The van der Waals surface area contributed by atoms with Crippen LogP contribution in [0.2, 0.25) is 0 Å². The van der Waals surface area contributed by atoms with E-state index < -0.39 is 0 Å². The first-order valence-electron chi connectivity index (χ1n) is 14.6. The molecule has 2 heterocycles. The molecule has 3 nitrogen and oxygen atoms in total. The number of ether oxygens (including phenoxy) is 2. The second-order valence-electron chi connectivity index (χ2n) is 10.1. The van der Waals surface area contributed by atoms with Crippen LogP contribution in [-0.4, -0.2) is 19.2 Å². The van der Waals surface area contributed by atoms with Crippen LogP contribution < -0.4 is 4.74 Å².